The molecule has 0 aliphatic carbocycles. The fraction of sp³-hybridized carbons (Fsp3) is 0.0769. The third kappa shape index (κ3) is 4.55. The molecule has 37 heavy (non-hydrogen) atoms. The van der Waals surface area contributed by atoms with Gasteiger partial charge in [-0.25, -0.2) is 0 Å². The average Bonchev–Trinajstić information content (AvgIpc) is 3.47. The summed E-state index contributed by atoms with van der Waals surface area (Å²) in [4.78, 5) is 33.1. The molecule has 0 N–H and O–H groups in total. The Hall–Kier alpha value is -3.86. The zero-order valence-corrected chi connectivity index (χ0v) is 21.3. The van der Waals surface area contributed by atoms with Crippen LogP contribution in [-0.2, 0) is 11.3 Å². The van der Waals surface area contributed by atoms with E-state index in [1.807, 2.05) is 12.1 Å². The van der Waals surface area contributed by atoms with Crippen molar-refractivity contribution < 1.29 is 19.0 Å². The predicted molar refractivity (Wildman–Crippen MR) is 144 cm³/mol. The van der Waals surface area contributed by atoms with E-state index >= 15 is 0 Å². The summed E-state index contributed by atoms with van der Waals surface area (Å²) in [5.74, 6) is 1.48. The number of aromatic nitrogens is 2. The first-order valence-electron chi connectivity index (χ1n) is 11.0. The maximum absolute atomic E-state index is 13.4. The van der Waals surface area contributed by atoms with Gasteiger partial charge in [-0.2, -0.15) is 4.98 Å². The van der Waals surface area contributed by atoms with Crippen LogP contribution in [0, 0.1) is 0 Å². The van der Waals surface area contributed by atoms with Gasteiger partial charge in [-0.15, -0.1) is 0 Å². The third-order valence-electron chi connectivity index (χ3n) is 5.69. The van der Waals surface area contributed by atoms with Crippen molar-refractivity contribution in [3.8, 4) is 23.1 Å². The Morgan fingerprint density at radius 3 is 2.73 bits per heavy atom. The van der Waals surface area contributed by atoms with Crippen molar-refractivity contribution >= 4 is 57.5 Å². The van der Waals surface area contributed by atoms with Crippen LogP contribution in [0.2, 0.25) is 5.02 Å². The van der Waals surface area contributed by atoms with E-state index in [0.717, 1.165) is 17.3 Å². The van der Waals surface area contributed by atoms with E-state index in [-0.39, 0.29) is 36.2 Å². The molecular formula is C26H16ClN3O5S2. The highest BCUT2D eigenvalue weighted by molar-refractivity contribution is 8.26. The molecule has 2 aliphatic rings. The van der Waals surface area contributed by atoms with Crippen molar-refractivity contribution in [2.45, 2.75) is 6.54 Å². The van der Waals surface area contributed by atoms with E-state index in [2.05, 4.69) is 4.98 Å². The van der Waals surface area contributed by atoms with Crippen molar-refractivity contribution in [3.63, 3.8) is 0 Å². The van der Waals surface area contributed by atoms with Gasteiger partial charge in [-0.3, -0.25) is 18.9 Å². The number of carbonyl (C=O) groups is 1. The third-order valence-corrected chi connectivity index (χ3v) is 7.32. The largest absolute Gasteiger partial charge is 0.454 e. The zero-order valence-electron chi connectivity index (χ0n) is 18.9. The van der Waals surface area contributed by atoms with Crippen molar-refractivity contribution in [3.05, 3.63) is 98.3 Å². The summed E-state index contributed by atoms with van der Waals surface area (Å²) in [7, 11) is 0. The van der Waals surface area contributed by atoms with E-state index in [4.69, 9.17) is 38.0 Å². The maximum Gasteiger partial charge on any atom is 0.269 e. The van der Waals surface area contributed by atoms with Gasteiger partial charge in [0.05, 0.1) is 11.4 Å². The second kappa shape index (κ2) is 9.55. The second-order valence-corrected chi connectivity index (χ2v) is 10.2. The minimum absolute atomic E-state index is 0.0690. The number of thiocarbonyl (C=S) groups is 1. The van der Waals surface area contributed by atoms with Crippen LogP contribution in [0.25, 0.3) is 11.7 Å². The quantitative estimate of drug-likeness (QED) is 0.246. The van der Waals surface area contributed by atoms with Gasteiger partial charge in [0.15, 0.2) is 11.5 Å². The summed E-state index contributed by atoms with van der Waals surface area (Å²) in [6.07, 6.45) is 3.10. The summed E-state index contributed by atoms with van der Waals surface area (Å²) in [6, 6.07) is 17.4. The van der Waals surface area contributed by atoms with Gasteiger partial charge in [-0.05, 0) is 60.2 Å². The lowest BCUT2D eigenvalue weighted by Crippen LogP contribution is -2.27. The fourth-order valence-corrected chi connectivity index (χ4v) is 5.25. The molecule has 0 saturated carbocycles. The SMILES string of the molecule is O=C1/C(=C/c2c(Oc3ccc(Cl)cc3)nc3ccccn3c2=O)SC(=S)N1Cc1ccc2c(c1)OCO2. The van der Waals surface area contributed by atoms with Crippen molar-refractivity contribution in [1.29, 1.82) is 0 Å². The number of pyridine rings is 1. The molecule has 1 amide bonds. The standard InChI is InChI=1S/C26H16ClN3O5S2/c27-16-5-7-17(8-6-16)35-23-18(24(31)29-10-2-1-3-22(29)28-23)12-21-25(32)30(26(36)37-21)13-15-4-9-19-20(11-15)34-14-33-19/h1-12H,13-14H2/b21-12-. The number of hydrogen-bond donors (Lipinski definition) is 0. The highest BCUT2D eigenvalue weighted by Crippen LogP contribution is 2.37. The number of nitrogens with zero attached hydrogens (tertiary/aromatic N) is 3. The van der Waals surface area contributed by atoms with Crippen LogP contribution >= 0.6 is 35.6 Å². The molecule has 0 bridgehead atoms. The minimum Gasteiger partial charge on any atom is -0.454 e. The fourth-order valence-electron chi connectivity index (χ4n) is 3.89. The molecule has 0 atom stereocenters. The maximum atomic E-state index is 13.4. The normalized spacial score (nSPS) is 15.7. The van der Waals surface area contributed by atoms with E-state index in [1.54, 1.807) is 54.7 Å². The van der Waals surface area contributed by atoms with Crippen LogP contribution in [0.4, 0.5) is 0 Å². The number of ether oxygens (including phenoxy) is 3. The highest BCUT2D eigenvalue weighted by Gasteiger charge is 2.33. The van der Waals surface area contributed by atoms with Crippen LogP contribution in [-0.4, -0.2) is 31.3 Å². The van der Waals surface area contributed by atoms with Gasteiger partial charge in [0, 0.05) is 11.2 Å². The Morgan fingerprint density at radius 1 is 1.08 bits per heavy atom. The smallest absolute Gasteiger partial charge is 0.269 e. The summed E-state index contributed by atoms with van der Waals surface area (Å²) in [5, 5.41) is 0.547. The number of hydrogen-bond acceptors (Lipinski definition) is 8. The van der Waals surface area contributed by atoms with E-state index in [0.29, 0.717) is 37.1 Å². The van der Waals surface area contributed by atoms with Crippen LogP contribution in [0.5, 0.6) is 23.1 Å². The van der Waals surface area contributed by atoms with E-state index < -0.39 is 0 Å². The Bertz CT molecular complexity index is 1670. The topological polar surface area (TPSA) is 82.4 Å². The first-order chi connectivity index (χ1) is 18.0. The Morgan fingerprint density at radius 2 is 1.89 bits per heavy atom. The van der Waals surface area contributed by atoms with Gasteiger partial charge in [0.2, 0.25) is 12.7 Å². The van der Waals surface area contributed by atoms with Crippen molar-refractivity contribution in [2.24, 2.45) is 0 Å². The summed E-state index contributed by atoms with van der Waals surface area (Å²) in [5.41, 5.74) is 0.989. The van der Waals surface area contributed by atoms with Gasteiger partial charge < -0.3 is 14.2 Å². The van der Waals surface area contributed by atoms with Crippen LogP contribution in [0.15, 0.2) is 76.6 Å². The average molecular weight is 550 g/mol. The molecule has 0 unspecified atom stereocenters. The number of thioether (sulfide) groups is 1. The summed E-state index contributed by atoms with van der Waals surface area (Å²) < 4.78 is 18.5. The molecule has 2 aromatic carbocycles. The lowest BCUT2D eigenvalue weighted by Gasteiger charge is -2.14. The molecule has 8 nitrogen and oxygen atoms in total. The summed E-state index contributed by atoms with van der Waals surface area (Å²) >= 11 is 12.6. The molecule has 6 rings (SSSR count). The number of carbonyl (C=O) groups excluding carboxylic acids is 1. The highest BCUT2D eigenvalue weighted by atomic mass is 35.5. The van der Waals surface area contributed by atoms with E-state index in [9.17, 15) is 9.59 Å². The lowest BCUT2D eigenvalue weighted by atomic mass is 10.2. The first-order valence-corrected chi connectivity index (χ1v) is 12.7. The molecule has 0 spiro atoms. The molecule has 11 heteroatoms. The van der Waals surface area contributed by atoms with E-state index in [1.165, 1.54) is 15.4 Å². The predicted octanol–water partition coefficient (Wildman–Crippen LogP) is 5.27. The Labute approximate surface area is 225 Å². The van der Waals surface area contributed by atoms with Crippen molar-refractivity contribution in [1.82, 2.24) is 14.3 Å². The number of benzene rings is 2. The lowest BCUT2D eigenvalue weighted by molar-refractivity contribution is -0.122. The number of rotatable bonds is 5. The van der Waals surface area contributed by atoms with Gasteiger partial charge in [-0.1, -0.05) is 47.7 Å². The minimum atomic E-state index is -0.379. The zero-order chi connectivity index (χ0) is 25.5. The van der Waals surface area contributed by atoms with Gasteiger partial charge >= 0.3 is 0 Å². The second-order valence-electron chi connectivity index (χ2n) is 8.08. The first kappa shape index (κ1) is 23.5. The molecule has 0 radical (unpaired) electrons. The monoisotopic (exact) mass is 549 g/mol. The molecule has 1 saturated heterocycles. The van der Waals surface area contributed by atoms with Gasteiger partial charge in [0.25, 0.3) is 11.5 Å². The van der Waals surface area contributed by atoms with Crippen LogP contribution in [0.3, 0.4) is 0 Å². The molecule has 4 aromatic rings. The van der Waals surface area contributed by atoms with Crippen LogP contribution < -0.4 is 19.8 Å². The number of halogens is 1. The van der Waals surface area contributed by atoms with Crippen molar-refractivity contribution in [2.75, 3.05) is 6.79 Å². The van der Waals surface area contributed by atoms with Crippen LogP contribution in [0.1, 0.15) is 11.1 Å². The number of amides is 1. The van der Waals surface area contributed by atoms with Gasteiger partial charge in [0.1, 0.15) is 21.3 Å². The molecule has 184 valence electrons. The molecule has 1 fully saturated rings. The molecular weight excluding hydrogens is 534 g/mol. The molecule has 2 aromatic heterocycles. The Kier molecular flexibility index (Phi) is 6.07. The number of fused-ring (bicyclic) bond motifs is 2. The summed E-state index contributed by atoms with van der Waals surface area (Å²) in [6.45, 7) is 0.417. The Balaban J connectivity index is 1.36. The molecule has 2 aliphatic heterocycles. The molecule has 4 heterocycles.